The summed E-state index contributed by atoms with van der Waals surface area (Å²) in [6.07, 6.45) is 1.46. The molecule has 0 aliphatic heterocycles. The Kier molecular flexibility index (Phi) is 8.67. The molecule has 5 nitrogen and oxygen atoms in total. The molecule has 0 unspecified atom stereocenters. The SMILES string of the molecule is CC(=O)O[C@H]1CC[C@H]2C[C@H]2[C@H](OCc2ccccc2)[C@@H](OCc2ccccc2)[C@@H]1OCc1ccccc1. The molecule has 2 fully saturated rings. The first-order chi connectivity index (χ1) is 18.2. The average Bonchev–Trinajstić information content (AvgIpc) is 3.69. The van der Waals surface area contributed by atoms with E-state index in [1.165, 1.54) is 6.92 Å². The number of benzene rings is 3. The molecule has 37 heavy (non-hydrogen) atoms. The minimum Gasteiger partial charge on any atom is -0.460 e. The van der Waals surface area contributed by atoms with Crippen molar-refractivity contribution >= 4 is 5.97 Å². The average molecular weight is 501 g/mol. The van der Waals surface area contributed by atoms with Crippen LogP contribution in [0.15, 0.2) is 91.0 Å². The summed E-state index contributed by atoms with van der Waals surface area (Å²) >= 11 is 0. The molecule has 2 aliphatic rings. The summed E-state index contributed by atoms with van der Waals surface area (Å²) in [7, 11) is 0. The van der Waals surface area contributed by atoms with Gasteiger partial charge in [0.25, 0.3) is 0 Å². The zero-order valence-corrected chi connectivity index (χ0v) is 21.4. The third-order valence-electron chi connectivity index (χ3n) is 7.41. The van der Waals surface area contributed by atoms with Crippen molar-refractivity contribution in [3.8, 4) is 0 Å². The lowest BCUT2D eigenvalue weighted by Crippen LogP contribution is -2.51. The Labute approximate surface area is 219 Å². The molecule has 0 N–H and O–H groups in total. The Hall–Kier alpha value is -2.99. The maximum Gasteiger partial charge on any atom is 0.302 e. The van der Waals surface area contributed by atoms with Gasteiger partial charge in [-0.05, 0) is 47.8 Å². The van der Waals surface area contributed by atoms with Crippen LogP contribution in [0.3, 0.4) is 0 Å². The maximum absolute atomic E-state index is 12.2. The van der Waals surface area contributed by atoms with Gasteiger partial charge in [-0.1, -0.05) is 91.0 Å². The van der Waals surface area contributed by atoms with Crippen LogP contribution in [-0.4, -0.2) is 30.4 Å². The lowest BCUT2D eigenvalue weighted by Gasteiger charge is -2.39. The van der Waals surface area contributed by atoms with Gasteiger partial charge in [-0.15, -0.1) is 0 Å². The summed E-state index contributed by atoms with van der Waals surface area (Å²) in [6, 6.07) is 30.5. The van der Waals surface area contributed by atoms with E-state index in [4.69, 9.17) is 18.9 Å². The van der Waals surface area contributed by atoms with Crippen LogP contribution in [0.25, 0.3) is 0 Å². The molecule has 2 saturated carbocycles. The Morgan fingerprint density at radius 2 is 1.11 bits per heavy atom. The highest BCUT2D eigenvalue weighted by Crippen LogP contribution is 2.50. The molecule has 0 amide bonds. The topological polar surface area (TPSA) is 54.0 Å². The first kappa shape index (κ1) is 25.7. The van der Waals surface area contributed by atoms with E-state index in [0.717, 1.165) is 36.0 Å². The highest BCUT2D eigenvalue weighted by Gasteiger charge is 2.53. The van der Waals surface area contributed by atoms with E-state index < -0.39 is 12.2 Å². The minimum absolute atomic E-state index is 0.159. The second kappa shape index (κ2) is 12.5. The van der Waals surface area contributed by atoms with Gasteiger partial charge in [0, 0.05) is 6.92 Å². The molecule has 5 rings (SSSR count). The summed E-state index contributed by atoms with van der Waals surface area (Å²) in [6.45, 7) is 2.82. The molecule has 0 spiro atoms. The van der Waals surface area contributed by atoms with Gasteiger partial charge < -0.3 is 18.9 Å². The third-order valence-corrected chi connectivity index (χ3v) is 7.41. The van der Waals surface area contributed by atoms with Crippen molar-refractivity contribution in [2.24, 2.45) is 11.8 Å². The quantitative estimate of drug-likeness (QED) is 0.315. The number of carbonyl (C=O) groups is 1. The number of hydrogen-bond acceptors (Lipinski definition) is 5. The van der Waals surface area contributed by atoms with Gasteiger partial charge in [-0.2, -0.15) is 0 Å². The number of esters is 1. The fraction of sp³-hybridized carbons (Fsp3) is 0.406. The minimum atomic E-state index is -0.449. The molecule has 0 aromatic heterocycles. The highest BCUT2D eigenvalue weighted by atomic mass is 16.6. The van der Waals surface area contributed by atoms with Gasteiger partial charge in [0.05, 0.1) is 25.9 Å². The normalized spacial score (nSPS) is 26.9. The number of carbonyl (C=O) groups excluding carboxylic acids is 1. The molecular weight excluding hydrogens is 464 g/mol. The van der Waals surface area contributed by atoms with Crippen LogP contribution in [0.5, 0.6) is 0 Å². The van der Waals surface area contributed by atoms with Crippen molar-refractivity contribution in [1.82, 2.24) is 0 Å². The molecule has 0 saturated heterocycles. The lowest BCUT2D eigenvalue weighted by atomic mass is 9.91. The van der Waals surface area contributed by atoms with Crippen molar-refractivity contribution in [2.45, 2.75) is 70.4 Å². The van der Waals surface area contributed by atoms with E-state index in [1.807, 2.05) is 66.7 Å². The van der Waals surface area contributed by atoms with Gasteiger partial charge in [0.1, 0.15) is 18.3 Å². The number of fused-ring (bicyclic) bond motifs is 1. The Morgan fingerprint density at radius 3 is 1.59 bits per heavy atom. The van der Waals surface area contributed by atoms with E-state index in [1.54, 1.807) is 0 Å². The van der Waals surface area contributed by atoms with Gasteiger partial charge in [0.2, 0.25) is 0 Å². The lowest BCUT2D eigenvalue weighted by molar-refractivity contribution is -0.200. The largest absolute Gasteiger partial charge is 0.460 e. The third kappa shape index (κ3) is 7.07. The summed E-state index contributed by atoms with van der Waals surface area (Å²) < 4.78 is 25.8. The molecule has 2 aliphatic carbocycles. The van der Waals surface area contributed by atoms with Crippen molar-refractivity contribution in [2.75, 3.05) is 0 Å². The zero-order valence-electron chi connectivity index (χ0n) is 21.4. The molecule has 5 heteroatoms. The van der Waals surface area contributed by atoms with Crippen molar-refractivity contribution in [3.05, 3.63) is 108 Å². The van der Waals surface area contributed by atoms with E-state index in [9.17, 15) is 4.79 Å². The summed E-state index contributed by atoms with van der Waals surface area (Å²) in [5.74, 6) is 0.664. The van der Waals surface area contributed by atoms with Crippen molar-refractivity contribution < 1.29 is 23.7 Å². The fourth-order valence-corrected chi connectivity index (χ4v) is 5.44. The Morgan fingerprint density at radius 1 is 0.649 bits per heavy atom. The smallest absolute Gasteiger partial charge is 0.302 e. The van der Waals surface area contributed by atoms with Crippen molar-refractivity contribution in [3.63, 3.8) is 0 Å². The van der Waals surface area contributed by atoms with Crippen LogP contribution in [0.4, 0.5) is 0 Å². The molecule has 0 bridgehead atoms. The first-order valence-electron chi connectivity index (χ1n) is 13.3. The highest BCUT2D eigenvalue weighted by molar-refractivity contribution is 5.66. The standard InChI is InChI=1S/C32H36O5/c1-23(33)37-29-18-17-27-19-28(27)30(34-20-24-11-5-2-6-12-24)32(36-22-26-15-9-4-10-16-26)31(29)35-21-25-13-7-3-8-14-25/h2-16,27-32H,17-22H2,1H3/t27-,28+,29-,30-,31+,32+/m0/s1. The van der Waals surface area contributed by atoms with Crippen LogP contribution >= 0.6 is 0 Å². The number of rotatable bonds is 10. The molecular formula is C32H36O5. The maximum atomic E-state index is 12.2. The predicted octanol–water partition coefficient (Wildman–Crippen LogP) is 6.10. The Bertz CT molecular complexity index is 1100. The molecule has 0 radical (unpaired) electrons. The molecule has 3 aromatic rings. The second-order valence-electron chi connectivity index (χ2n) is 10.2. The first-order valence-corrected chi connectivity index (χ1v) is 13.3. The predicted molar refractivity (Wildman–Crippen MR) is 141 cm³/mol. The zero-order chi connectivity index (χ0) is 25.5. The van der Waals surface area contributed by atoms with Crippen LogP contribution in [0.2, 0.25) is 0 Å². The van der Waals surface area contributed by atoms with Crippen molar-refractivity contribution in [1.29, 1.82) is 0 Å². The summed E-state index contributed by atoms with van der Waals surface area (Å²) in [4.78, 5) is 12.2. The number of ether oxygens (including phenoxy) is 4. The second-order valence-corrected chi connectivity index (χ2v) is 10.2. The van der Waals surface area contributed by atoms with E-state index in [-0.39, 0.29) is 18.2 Å². The molecule has 6 atom stereocenters. The molecule has 0 heterocycles. The van der Waals surface area contributed by atoms with E-state index in [2.05, 4.69) is 24.3 Å². The van der Waals surface area contributed by atoms with Crippen LogP contribution in [0.1, 0.15) is 42.9 Å². The summed E-state index contributed by atoms with van der Waals surface area (Å²) in [5.41, 5.74) is 3.28. The fourth-order valence-electron chi connectivity index (χ4n) is 5.44. The van der Waals surface area contributed by atoms with E-state index in [0.29, 0.717) is 31.7 Å². The van der Waals surface area contributed by atoms with Crippen LogP contribution in [0, 0.1) is 11.8 Å². The Balaban J connectivity index is 1.43. The van der Waals surface area contributed by atoms with Gasteiger partial charge >= 0.3 is 5.97 Å². The van der Waals surface area contributed by atoms with Crippen LogP contribution < -0.4 is 0 Å². The molecule has 194 valence electrons. The monoisotopic (exact) mass is 500 g/mol. The van der Waals surface area contributed by atoms with E-state index >= 15 is 0 Å². The van der Waals surface area contributed by atoms with Crippen LogP contribution in [-0.2, 0) is 43.6 Å². The van der Waals surface area contributed by atoms with Gasteiger partial charge in [-0.25, -0.2) is 0 Å². The summed E-state index contributed by atoms with van der Waals surface area (Å²) in [5, 5.41) is 0. The van der Waals surface area contributed by atoms with Gasteiger partial charge in [0.15, 0.2) is 0 Å². The molecule has 3 aromatic carbocycles. The number of hydrogen-bond donors (Lipinski definition) is 0. The van der Waals surface area contributed by atoms with Gasteiger partial charge in [-0.3, -0.25) is 4.79 Å².